The van der Waals surface area contributed by atoms with Crippen molar-refractivity contribution in [1.29, 1.82) is 0 Å². The van der Waals surface area contributed by atoms with Crippen molar-refractivity contribution in [2.45, 2.75) is 24.8 Å². The molecule has 24 heavy (non-hydrogen) atoms. The van der Waals surface area contributed by atoms with Gasteiger partial charge in [0.15, 0.2) is 0 Å². The number of hydrogen-bond acceptors (Lipinski definition) is 5. The minimum absolute atomic E-state index is 0.0631. The fraction of sp³-hybridized carbons (Fsp3) is 0.533. The number of sulfonamides is 1. The van der Waals surface area contributed by atoms with Gasteiger partial charge in [-0.05, 0) is 32.0 Å². The lowest BCUT2D eigenvalue weighted by atomic mass is 10.3. The van der Waals surface area contributed by atoms with E-state index in [0.717, 1.165) is 0 Å². The van der Waals surface area contributed by atoms with Gasteiger partial charge >= 0.3 is 0 Å². The molecule has 1 amide bonds. The Hall–Kier alpha value is -0.960. The molecule has 1 aromatic carbocycles. The van der Waals surface area contributed by atoms with Gasteiger partial charge in [0.1, 0.15) is 11.8 Å². The zero-order valence-corrected chi connectivity index (χ0v) is 16.2. The maximum absolute atomic E-state index is 12.9. The average Bonchev–Trinajstić information content (AvgIpc) is 3.06. The van der Waals surface area contributed by atoms with E-state index in [0.29, 0.717) is 24.6 Å². The number of likely N-dealkylation sites (N-methyl/N-ethyl adjacent to an activating group) is 1. The summed E-state index contributed by atoms with van der Waals surface area (Å²) in [5.74, 6) is 0.956. The first-order valence-corrected chi connectivity index (χ1v) is 10.6. The summed E-state index contributed by atoms with van der Waals surface area (Å²) >= 11 is 7.48. The summed E-state index contributed by atoms with van der Waals surface area (Å²) in [6.45, 7) is 4.87. The monoisotopic (exact) mass is 392 g/mol. The van der Waals surface area contributed by atoms with E-state index < -0.39 is 16.1 Å². The number of hydrogen-bond donors (Lipinski definition) is 0. The summed E-state index contributed by atoms with van der Waals surface area (Å²) in [5, 5.41) is 0.219. The Kier molecular flexibility index (Phi) is 6.41. The standard InChI is InChI=1S/C15H21ClN2O4S2/c1-4-17(5-2)15(19)13-9-23-10-18(13)24(20,21)11-6-7-14(22-3)12(16)8-11/h6-8,13H,4-5,9-10H2,1-3H3. The third-order valence-corrected chi connectivity index (χ3v) is 7.25. The van der Waals surface area contributed by atoms with Crippen LogP contribution in [0.4, 0.5) is 0 Å². The first kappa shape index (κ1) is 19.4. The van der Waals surface area contributed by atoms with Gasteiger partial charge in [0, 0.05) is 18.8 Å². The van der Waals surface area contributed by atoms with E-state index in [4.69, 9.17) is 16.3 Å². The second-order valence-electron chi connectivity index (χ2n) is 5.21. The van der Waals surface area contributed by atoms with Gasteiger partial charge < -0.3 is 9.64 Å². The summed E-state index contributed by atoms with van der Waals surface area (Å²) < 4.78 is 32.2. The molecule has 1 heterocycles. The molecule has 1 aliphatic rings. The van der Waals surface area contributed by atoms with E-state index in [2.05, 4.69) is 0 Å². The van der Waals surface area contributed by atoms with E-state index in [1.165, 1.54) is 41.4 Å². The van der Waals surface area contributed by atoms with Gasteiger partial charge in [-0.2, -0.15) is 4.31 Å². The van der Waals surface area contributed by atoms with Crippen molar-refractivity contribution in [3.05, 3.63) is 23.2 Å². The molecule has 0 radical (unpaired) electrons. The zero-order chi connectivity index (χ0) is 17.9. The van der Waals surface area contributed by atoms with Crippen molar-refractivity contribution in [2.75, 3.05) is 31.8 Å². The summed E-state index contributed by atoms with van der Waals surface area (Å²) in [4.78, 5) is 14.3. The van der Waals surface area contributed by atoms with E-state index >= 15 is 0 Å². The Morgan fingerprint density at radius 1 is 1.42 bits per heavy atom. The Labute approximate surface area is 152 Å². The van der Waals surface area contributed by atoms with Crippen LogP contribution in [0.25, 0.3) is 0 Å². The second kappa shape index (κ2) is 7.95. The predicted molar refractivity (Wildman–Crippen MR) is 96.1 cm³/mol. The molecule has 6 nitrogen and oxygen atoms in total. The lowest BCUT2D eigenvalue weighted by molar-refractivity contribution is -0.133. The molecule has 0 aliphatic carbocycles. The topological polar surface area (TPSA) is 66.9 Å². The maximum atomic E-state index is 12.9. The lowest BCUT2D eigenvalue weighted by Crippen LogP contribution is -2.48. The van der Waals surface area contributed by atoms with Crippen molar-refractivity contribution in [3.63, 3.8) is 0 Å². The van der Waals surface area contributed by atoms with Crippen LogP contribution in [0.15, 0.2) is 23.1 Å². The average molecular weight is 393 g/mol. The smallest absolute Gasteiger partial charge is 0.244 e. The molecule has 9 heteroatoms. The van der Waals surface area contributed by atoms with Gasteiger partial charge in [0.05, 0.1) is 22.9 Å². The van der Waals surface area contributed by atoms with E-state index in [-0.39, 0.29) is 21.7 Å². The number of carbonyl (C=O) groups is 1. The largest absolute Gasteiger partial charge is 0.495 e. The fourth-order valence-electron chi connectivity index (χ4n) is 2.55. The first-order chi connectivity index (χ1) is 11.4. The van der Waals surface area contributed by atoms with Crippen LogP contribution in [-0.2, 0) is 14.8 Å². The molecule has 1 fully saturated rings. The molecule has 1 aromatic rings. The summed E-state index contributed by atoms with van der Waals surface area (Å²) in [5.41, 5.74) is 0. The third kappa shape index (κ3) is 3.66. The second-order valence-corrected chi connectivity index (χ2v) is 8.51. The molecular formula is C15H21ClN2O4S2. The number of halogens is 1. The van der Waals surface area contributed by atoms with Crippen LogP contribution >= 0.6 is 23.4 Å². The van der Waals surface area contributed by atoms with Crippen molar-refractivity contribution < 1.29 is 17.9 Å². The van der Waals surface area contributed by atoms with Crippen molar-refractivity contribution in [3.8, 4) is 5.75 Å². The number of amides is 1. The zero-order valence-electron chi connectivity index (χ0n) is 13.9. The molecule has 1 atom stereocenters. The third-order valence-electron chi connectivity index (χ3n) is 3.93. The molecule has 2 rings (SSSR count). The fourth-order valence-corrected chi connectivity index (χ4v) is 6.03. The van der Waals surface area contributed by atoms with Gasteiger partial charge in [-0.1, -0.05) is 11.6 Å². The lowest BCUT2D eigenvalue weighted by Gasteiger charge is -2.27. The van der Waals surface area contributed by atoms with Crippen molar-refractivity contribution >= 4 is 39.3 Å². The highest BCUT2D eigenvalue weighted by molar-refractivity contribution is 8.00. The van der Waals surface area contributed by atoms with E-state index in [1.807, 2.05) is 13.8 Å². The van der Waals surface area contributed by atoms with Gasteiger partial charge in [-0.15, -0.1) is 11.8 Å². The quantitative estimate of drug-likeness (QED) is 0.743. The summed E-state index contributed by atoms with van der Waals surface area (Å²) in [6, 6.07) is 3.64. The van der Waals surface area contributed by atoms with Crippen LogP contribution in [0.3, 0.4) is 0 Å². The molecule has 0 saturated carbocycles. The molecule has 134 valence electrons. The van der Waals surface area contributed by atoms with Gasteiger partial charge in [-0.3, -0.25) is 4.79 Å². The number of methoxy groups -OCH3 is 1. The van der Waals surface area contributed by atoms with Gasteiger partial charge in [0.25, 0.3) is 0 Å². The molecular weight excluding hydrogens is 372 g/mol. The van der Waals surface area contributed by atoms with E-state index in [9.17, 15) is 13.2 Å². The van der Waals surface area contributed by atoms with Crippen LogP contribution in [0, 0.1) is 0 Å². The van der Waals surface area contributed by atoms with Crippen molar-refractivity contribution in [1.82, 2.24) is 9.21 Å². The Balaban J connectivity index is 2.34. The minimum atomic E-state index is -3.81. The highest BCUT2D eigenvalue weighted by atomic mass is 35.5. The van der Waals surface area contributed by atoms with Gasteiger partial charge in [-0.25, -0.2) is 8.42 Å². The summed E-state index contributed by atoms with van der Waals surface area (Å²) in [6.07, 6.45) is 0. The Morgan fingerprint density at radius 3 is 2.62 bits per heavy atom. The van der Waals surface area contributed by atoms with E-state index in [1.54, 1.807) is 4.90 Å². The SMILES string of the molecule is CCN(CC)C(=O)C1CSCN1S(=O)(=O)c1ccc(OC)c(Cl)c1. The molecule has 0 aromatic heterocycles. The Bertz CT molecular complexity index is 707. The molecule has 1 saturated heterocycles. The van der Waals surface area contributed by atoms with Gasteiger partial charge in [0.2, 0.25) is 15.9 Å². The number of ether oxygens (including phenoxy) is 1. The minimum Gasteiger partial charge on any atom is -0.495 e. The Morgan fingerprint density at radius 2 is 2.08 bits per heavy atom. The highest BCUT2D eigenvalue weighted by Gasteiger charge is 2.41. The maximum Gasteiger partial charge on any atom is 0.244 e. The van der Waals surface area contributed by atoms with Crippen LogP contribution in [0.1, 0.15) is 13.8 Å². The van der Waals surface area contributed by atoms with Crippen LogP contribution in [0.2, 0.25) is 5.02 Å². The molecule has 1 unspecified atom stereocenters. The molecule has 0 spiro atoms. The number of rotatable bonds is 6. The highest BCUT2D eigenvalue weighted by Crippen LogP contribution is 2.32. The van der Waals surface area contributed by atoms with Crippen LogP contribution in [-0.4, -0.2) is 61.4 Å². The first-order valence-electron chi connectivity index (χ1n) is 7.58. The molecule has 0 bridgehead atoms. The van der Waals surface area contributed by atoms with Crippen LogP contribution < -0.4 is 4.74 Å². The molecule has 1 aliphatic heterocycles. The molecule has 0 N–H and O–H groups in total. The normalized spacial score (nSPS) is 18.6. The van der Waals surface area contributed by atoms with Crippen LogP contribution in [0.5, 0.6) is 5.75 Å². The predicted octanol–water partition coefficient (Wildman–Crippen LogP) is 2.28. The summed E-state index contributed by atoms with van der Waals surface area (Å²) in [7, 11) is -2.34. The number of benzene rings is 1. The number of nitrogens with zero attached hydrogens (tertiary/aromatic N) is 2. The number of carbonyl (C=O) groups excluding carboxylic acids is 1. The van der Waals surface area contributed by atoms with Crippen molar-refractivity contribution in [2.24, 2.45) is 0 Å². The number of thioether (sulfide) groups is 1.